The number of carbonyl (C=O) groups excluding carboxylic acids is 1. The van der Waals surface area contributed by atoms with Crippen molar-refractivity contribution < 1.29 is 4.79 Å². The average Bonchev–Trinajstić information content (AvgIpc) is 2.83. The van der Waals surface area contributed by atoms with Gasteiger partial charge in [-0.15, -0.1) is 0 Å². The maximum atomic E-state index is 12.0. The summed E-state index contributed by atoms with van der Waals surface area (Å²) in [7, 11) is 1.94. The Morgan fingerprint density at radius 1 is 1.35 bits per heavy atom. The highest BCUT2D eigenvalue weighted by molar-refractivity contribution is 5.81. The zero-order valence-electron chi connectivity index (χ0n) is 11.1. The lowest BCUT2D eigenvalue weighted by Gasteiger charge is -2.07. The van der Waals surface area contributed by atoms with Crippen LogP contribution in [0.25, 0.3) is 0 Å². The van der Waals surface area contributed by atoms with Crippen molar-refractivity contribution in [3.63, 3.8) is 0 Å². The molecule has 1 fully saturated rings. The van der Waals surface area contributed by atoms with Gasteiger partial charge in [0.25, 0.3) is 0 Å². The van der Waals surface area contributed by atoms with Gasteiger partial charge in [-0.25, -0.2) is 0 Å². The lowest BCUT2D eigenvalue weighted by Crippen LogP contribution is -2.09. The van der Waals surface area contributed by atoms with Gasteiger partial charge >= 0.3 is 0 Å². The molecule has 3 heteroatoms. The molecule has 0 amide bonds. The topological polar surface area (TPSA) is 34.9 Å². The number of carbonyl (C=O) groups is 1. The molecule has 0 atom stereocenters. The minimum Gasteiger partial charge on any atom is -0.299 e. The van der Waals surface area contributed by atoms with E-state index in [-0.39, 0.29) is 0 Å². The van der Waals surface area contributed by atoms with Gasteiger partial charge < -0.3 is 0 Å². The van der Waals surface area contributed by atoms with Crippen molar-refractivity contribution in [3.05, 3.63) is 17.0 Å². The molecule has 0 saturated heterocycles. The Balaban J connectivity index is 1.97. The van der Waals surface area contributed by atoms with E-state index in [1.807, 2.05) is 25.6 Å². The van der Waals surface area contributed by atoms with Crippen LogP contribution in [0.15, 0.2) is 0 Å². The van der Waals surface area contributed by atoms with E-state index in [1.165, 1.54) is 25.7 Å². The monoisotopic (exact) mass is 234 g/mol. The van der Waals surface area contributed by atoms with Crippen LogP contribution in [0.1, 0.15) is 49.1 Å². The predicted molar refractivity (Wildman–Crippen MR) is 68.0 cm³/mol. The largest absolute Gasteiger partial charge is 0.299 e. The van der Waals surface area contributed by atoms with Gasteiger partial charge in [-0.3, -0.25) is 9.48 Å². The Labute approximate surface area is 103 Å². The third kappa shape index (κ3) is 2.76. The minimum absolute atomic E-state index is 0.385. The Bertz CT molecular complexity index is 414. The van der Waals surface area contributed by atoms with Crippen LogP contribution < -0.4 is 0 Å². The molecule has 1 aromatic heterocycles. The van der Waals surface area contributed by atoms with E-state index in [9.17, 15) is 4.79 Å². The molecule has 0 bridgehead atoms. The third-order valence-electron chi connectivity index (χ3n) is 4.02. The van der Waals surface area contributed by atoms with Crippen LogP contribution >= 0.6 is 0 Å². The molecule has 0 N–H and O–H groups in total. The van der Waals surface area contributed by atoms with Gasteiger partial charge in [0.05, 0.1) is 5.69 Å². The maximum absolute atomic E-state index is 12.0. The first-order valence-corrected chi connectivity index (χ1v) is 6.58. The summed E-state index contributed by atoms with van der Waals surface area (Å²) >= 11 is 0. The normalized spacial score (nSPS) is 16.6. The number of Topliss-reactive ketones (excluding diaryl/α,β-unsaturated/α-hetero) is 1. The molecule has 0 unspecified atom stereocenters. The molecule has 0 aliphatic heterocycles. The summed E-state index contributed by atoms with van der Waals surface area (Å²) in [5.41, 5.74) is 3.27. The summed E-state index contributed by atoms with van der Waals surface area (Å²) in [5, 5.41) is 4.36. The summed E-state index contributed by atoms with van der Waals surface area (Å²) in [6, 6.07) is 0. The first-order valence-electron chi connectivity index (χ1n) is 6.58. The summed E-state index contributed by atoms with van der Waals surface area (Å²) in [4.78, 5) is 12.0. The Hall–Kier alpha value is -1.12. The fourth-order valence-corrected chi connectivity index (χ4v) is 2.88. The Morgan fingerprint density at radius 3 is 2.53 bits per heavy atom. The summed E-state index contributed by atoms with van der Waals surface area (Å²) in [6.45, 7) is 4.03. The van der Waals surface area contributed by atoms with E-state index in [1.54, 1.807) is 0 Å². The van der Waals surface area contributed by atoms with Crippen LogP contribution in [0.3, 0.4) is 0 Å². The number of rotatable bonds is 4. The lowest BCUT2D eigenvalue weighted by molar-refractivity contribution is -0.119. The van der Waals surface area contributed by atoms with E-state index in [0.717, 1.165) is 23.4 Å². The molecule has 3 nitrogen and oxygen atoms in total. The van der Waals surface area contributed by atoms with E-state index < -0.39 is 0 Å². The molecule has 0 radical (unpaired) electrons. The van der Waals surface area contributed by atoms with Crippen LogP contribution in [-0.4, -0.2) is 15.6 Å². The summed E-state index contributed by atoms with van der Waals surface area (Å²) in [6.07, 6.45) is 6.45. The molecule has 1 saturated carbocycles. The molecule has 17 heavy (non-hydrogen) atoms. The first-order chi connectivity index (χ1) is 8.08. The SMILES string of the molecule is Cc1nn(C)c(C)c1CC(=O)CC1CCCC1. The van der Waals surface area contributed by atoms with Crippen molar-refractivity contribution >= 4 is 5.78 Å². The average molecular weight is 234 g/mol. The fraction of sp³-hybridized carbons (Fsp3) is 0.714. The highest BCUT2D eigenvalue weighted by Crippen LogP contribution is 2.28. The molecule has 94 valence electrons. The highest BCUT2D eigenvalue weighted by atomic mass is 16.1. The molecule has 2 rings (SSSR count). The predicted octanol–water partition coefficient (Wildman–Crippen LogP) is 2.73. The van der Waals surface area contributed by atoms with Crippen molar-refractivity contribution in [3.8, 4) is 0 Å². The van der Waals surface area contributed by atoms with E-state index in [4.69, 9.17) is 0 Å². The fourth-order valence-electron chi connectivity index (χ4n) is 2.88. The van der Waals surface area contributed by atoms with Gasteiger partial charge in [0, 0.05) is 31.1 Å². The van der Waals surface area contributed by atoms with Crippen molar-refractivity contribution in [2.75, 3.05) is 0 Å². The van der Waals surface area contributed by atoms with Crippen molar-refractivity contribution in [2.24, 2.45) is 13.0 Å². The van der Waals surface area contributed by atoms with Gasteiger partial charge in [0.1, 0.15) is 5.78 Å². The maximum Gasteiger partial charge on any atom is 0.137 e. The minimum atomic E-state index is 0.385. The van der Waals surface area contributed by atoms with Crippen LogP contribution in [0.2, 0.25) is 0 Å². The van der Waals surface area contributed by atoms with E-state index in [0.29, 0.717) is 18.1 Å². The summed E-state index contributed by atoms with van der Waals surface area (Å²) < 4.78 is 1.87. The molecule has 0 aromatic carbocycles. The van der Waals surface area contributed by atoms with Crippen LogP contribution in [-0.2, 0) is 18.3 Å². The van der Waals surface area contributed by atoms with Gasteiger partial charge in [0.2, 0.25) is 0 Å². The molecule has 1 aliphatic rings. The lowest BCUT2D eigenvalue weighted by atomic mass is 9.96. The number of aromatic nitrogens is 2. The first kappa shape index (κ1) is 12.3. The van der Waals surface area contributed by atoms with Gasteiger partial charge in [0.15, 0.2) is 0 Å². The molecule has 1 aromatic rings. The molecule has 1 heterocycles. The van der Waals surface area contributed by atoms with Crippen LogP contribution in [0, 0.1) is 19.8 Å². The zero-order chi connectivity index (χ0) is 12.4. The van der Waals surface area contributed by atoms with Gasteiger partial charge in [-0.2, -0.15) is 5.10 Å². The molecule has 1 aliphatic carbocycles. The number of nitrogens with zero attached hydrogens (tertiary/aromatic N) is 2. The zero-order valence-corrected chi connectivity index (χ0v) is 11.1. The quantitative estimate of drug-likeness (QED) is 0.803. The van der Waals surface area contributed by atoms with E-state index >= 15 is 0 Å². The molecular weight excluding hydrogens is 212 g/mol. The van der Waals surface area contributed by atoms with Crippen LogP contribution in [0.5, 0.6) is 0 Å². The third-order valence-corrected chi connectivity index (χ3v) is 4.02. The molecule has 0 spiro atoms. The Kier molecular flexibility index (Phi) is 3.65. The van der Waals surface area contributed by atoms with Crippen LogP contribution in [0.4, 0.5) is 0 Å². The van der Waals surface area contributed by atoms with Gasteiger partial charge in [-0.05, 0) is 19.8 Å². The van der Waals surface area contributed by atoms with Crippen molar-refractivity contribution in [1.82, 2.24) is 9.78 Å². The van der Waals surface area contributed by atoms with Crippen molar-refractivity contribution in [1.29, 1.82) is 0 Å². The second-order valence-electron chi connectivity index (χ2n) is 5.34. The second-order valence-corrected chi connectivity index (χ2v) is 5.34. The van der Waals surface area contributed by atoms with Crippen molar-refractivity contribution in [2.45, 2.75) is 52.4 Å². The second kappa shape index (κ2) is 5.03. The number of aryl methyl sites for hydroxylation is 2. The number of hydrogen-bond donors (Lipinski definition) is 0. The highest BCUT2D eigenvalue weighted by Gasteiger charge is 2.20. The van der Waals surface area contributed by atoms with E-state index in [2.05, 4.69) is 5.10 Å². The smallest absolute Gasteiger partial charge is 0.137 e. The standard InChI is InChI=1S/C14H22N2O/c1-10-14(11(2)16(3)15-10)9-13(17)8-12-6-4-5-7-12/h12H,4-9H2,1-3H3. The van der Waals surface area contributed by atoms with Gasteiger partial charge in [-0.1, -0.05) is 25.7 Å². The number of hydrogen-bond acceptors (Lipinski definition) is 2. The molecular formula is C14H22N2O. The Morgan fingerprint density at radius 2 is 2.00 bits per heavy atom. The number of ketones is 1. The summed E-state index contributed by atoms with van der Waals surface area (Å²) in [5.74, 6) is 1.04.